The molecule has 4 N–H and O–H groups in total. The van der Waals surface area contributed by atoms with Crippen molar-refractivity contribution < 1.29 is 4.79 Å². The Morgan fingerprint density at radius 3 is 2.89 bits per heavy atom. The zero-order valence-corrected chi connectivity index (χ0v) is 10.9. The van der Waals surface area contributed by atoms with E-state index in [1.165, 1.54) is 11.1 Å². The first-order valence-corrected chi connectivity index (χ1v) is 6.45. The standard InChI is InChI=1S/C14H21N3O/c1-10-7-13(5-4-11(10)8-15)17-6-2-3-12(9-17)14(16)18/h4-5,7,12H,2-3,6,8-9,15H2,1H3,(H2,16,18). The Labute approximate surface area is 108 Å². The molecule has 1 fully saturated rings. The van der Waals surface area contributed by atoms with Gasteiger partial charge in [0.15, 0.2) is 0 Å². The van der Waals surface area contributed by atoms with Gasteiger partial charge in [0.2, 0.25) is 5.91 Å². The summed E-state index contributed by atoms with van der Waals surface area (Å²) in [5, 5.41) is 0. The van der Waals surface area contributed by atoms with Crippen LogP contribution in [0, 0.1) is 12.8 Å². The Morgan fingerprint density at radius 2 is 2.28 bits per heavy atom. The first kappa shape index (κ1) is 12.9. The van der Waals surface area contributed by atoms with Gasteiger partial charge in [-0.15, -0.1) is 0 Å². The molecular formula is C14H21N3O. The normalized spacial score (nSPS) is 19.9. The van der Waals surface area contributed by atoms with E-state index in [0.29, 0.717) is 6.54 Å². The number of rotatable bonds is 3. The lowest BCUT2D eigenvalue weighted by Crippen LogP contribution is -2.41. The van der Waals surface area contributed by atoms with Gasteiger partial charge in [-0.1, -0.05) is 6.07 Å². The summed E-state index contributed by atoms with van der Waals surface area (Å²) in [5.74, 6) is -0.205. The highest BCUT2D eigenvalue weighted by Crippen LogP contribution is 2.25. The number of nitrogens with two attached hydrogens (primary N) is 2. The van der Waals surface area contributed by atoms with Gasteiger partial charge >= 0.3 is 0 Å². The molecule has 1 aromatic carbocycles. The number of hydrogen-bond donors (Lipinski definition) is 2. The maximum atomic E-state index is 11.3. The van der Waals surface area contributed by atoms with Crippen LogP contribution in [0.4, 0.5) is 5.69 Å². The molecular weight excluding hydrogens is 226 g/mol. The third kappa shape index (κ3) is 2.64. The quantitative estimate of drug-likeness (QED) is 0.841. The molecule has 1 atom stereocenters. The van der Waals surface area contributed by atoms with Gasteiger partial charge < -0.3 is 16.4 Å². The number of anilines is 1. The Kier molecular flexibility index (Phi) is 3.87. The molecule has 2 rings (SSSR count). The van der Waals surface area contributed by atoms with Crippen LogP contribution in [0.2, 0.25) is 0 Å². The van der Waals surface area contributed by atoms with Crippen molar-refractivity contribution in [3.05, 3.63) is 29.3 Å². The zero-order chi connectivity index (χ0) is 13.1. The number of carbonyl (C=O) groups is 1. The van der Waals surface area contributed by atoms with Crippen LogP contribution in [-0.4, -0.2) is 19.0 Å². The molecule has 98 valence electrons. The maximum absolute atomic E-state index is 11.3. The van der Waals surface area contributed by atoms with Gasteiger partial charge in [0, 0.05) is 25.3 Å². The average molecular weight is 247 g/mol. The summed E-state index contributed by atoms with van der Waals surface area (Å²) in [6.07, 6.45) is 1.93. The Hall–Kier alpha value is -1.55. The summed E-state index contributed by atoms with van der Waals surface area (Å²) < 4.78 is 0. The van der Waals surface area contributed by atoms with Crippen molar-refractivity contribution in [2.45, 2.75) is 26.3 Å². The molecule has 0 saturated carbocycles. The summed E-state index contributed by atoms with van der Waals surface area (Å²) in [7, 11) is 0. The maximum Gasteiger partial charge on any atom is 0.222 e. The van der Waals surface area contributed by atoms with Crippen LogP contribution < -0.4 is 16.4 Å². The molecule has 4 nitrogen and oxygen atoms in total. The van der Waals surface area contributed by atoms with Gasteiger partial charge in [-0.05, 0) is 43.0 Å². The highest BCUT2D eigenvalue weighted by Gasteiger charge is 2.24. The molecule has 1 saturated heterocycles. The van der Waals surface area contributed by atoms with Gasteiger partial charge in [-0.2, -0.15) is 0 Å². The highest BCUT2D eigenvalue weighted by atomic mass is 16.1. The number of hydrogen-bond acceptors (Lipinski definition) is 3. The number of amides is 1. The van der Waals surface area contributed by atoms with Crippen molar-refractivity contribution >= 4 is 11.6 Å². The molecule has 0 aromatic heterocycles. The van der Waals surface area contributed by atoms with Gasteiger partial charge in [0.05, 0.1) is 5.92 Å². The fraction of sp³-hybridized carbons (Fsp3) is 0.500. The third-order valence-corrected chi connectivity index (χ3v) is 3.73. The fourth-order valence-corrected chi connectivity index (χ4v) is 2.55. The Bertz CT molecular complexity index is 445. The summed E-state index contributed by atoms with van der Waals surface area (Å²) >= 11 is 0. The number of benzene rings is 1. The minimum Gasteiger partial charge on any atom is -0.371 e. The second-order valence-corrected chi connectivity index (χ2v) is 5.00. The molecule has 1 aliphatic rings. The monoisotopic (exact) mass is 247 g/mol. The minimum atomic E-state index is -0.185. The van der Waals surface area contributed by atoms with E-state index in [9.17, 15) is 4.79 Å². The molecule has 1 unspecified atom stereocenters. The topological polar surface area (TPSA) is 72.3 Å². The van der Waals surface area contributed by atoms with E-state index in [2.05, 4.69) is 30.0 Å². The second kappa shape index (κ2) is 5.40. The molecule has 1 aliphatic heterocycles. The predicted molar refractivity (Wildman–Crippen MR) is 73.2 cm³/mol. The second-order valence-electron chi connectivity index (χ2n) is 5.00. The van der Waals surface area contributed by atoms with Crippen LogP contribution >= 0.6 is 0 Å². The fourth-order valence-electron chi connectivity index (χ4n) is 2.55. The van der Waals surface area contributed by atoms with Crippen LogP contribution in [0.3, 0.4) is 0 Å². The summed E-state index contributed by atoms with van der Waals surface area (Å²) in [5.41, 5.74) is 14.6. The number of piperidine rings is 1. The molecule has 1 amide bonds. The minimum absolute atomic E-state index is 0.0201. The largest absolute Gasteiger partial charge is 0.371 e. The van der Waals surface area contributed by atoms with Gasteiger partial charge in [0.1, 0.15) is 0 Å². The van der Waals surface area contributed by atoms with E-state index in [0.717, 1.165) is 31.6 Å². The van der Waals surface area contributed by atoms with Crippen LogP contribution in [0.25, 0.3) is 0 Å². The summed E-state index contributed by atoms with van der Waals surface area (Å²) in [6, 6.07) is 6.29. The van der Waals surface area contributed by atoms with Crippen molar-refractivity contribution in [2.24, 2.45) is 17.4 Å². The van der Waals surface area contributed by atoms with Crippen molar-refractivity contribution in [1.29, 1.82) is 0 Å². The third-order valence-electron chi connectivity index (χ3n) is 3.73. The first-order valence-electron chi connectivity index (χ1n) is 6.45. The lowest BCUT2D eigenvalue weighted by atomic mass is 9.96. The number of nitrogens with zero attached hydrogens (tertiary/aromatic N) is 1. The van der Waals surface area contributed by atoms with E-state index in [1.807, 2.05) is 0 Å². The van der Waals surface area contributed by atoms with Crippen LogP contribution in [0.1, 0.15) is 24.0 Å². The molecule has 1 heterocycles. The lowest BCUT2D eigenvalue weighted by molar-refractivity contribution is -0.122. The SMILES string of the molecule is Cc1cc(N2CCCC(C(N)=O)C2)ccc1CN. The van der Waals surface area contributed by atoms with Crippen molar-refractivity contribution in [1.82, 2.24) is 0 Å². The van der Waals surface area contributed by atoms with Crippen molar-refractivity contribution in [2.75, 3.05) is 18.0 Å². The Balaban J connectivity index is 2.16. The van der Waals surface area contributed by atoms with E-state index in [4.69, 9.17) is 11.5 Å². The molecule has 1 aromatic rings. The van der Waals surface area contributed by atoms with E-state index in [-0.39, 0.29) is 11.8 Å². The van der Waals surface area contributed by atoms with E-state index >= 15 is 0 Å². The van der Waals surface area contributed by atoms with Gasteiger partial charge in [-0.25, -0.2) is 0 Å². The lowest BCUT2D eigenvalue weighted by Gasteiger charge is -2.33. The molecule has 0 radical (unpaired) electrons. The van der Waals surface area contributed by atoms with Crippen molar-refractivity contribution in [3.8, 4) is 0 Å². The molecule has 0 spiro atoms. The van der Waals surface area contributed by atoms with Crippen LogP contribution in [-0.2, 0) is 11.3 Å². The highest BCUT2D eigenvalue weighted by molar-refractivity contribution is 5.77. The van der Waals surface area contributed by atoms with Crippen LogP contribution in [0.5, 0.6) is 0 Å². The van der Waals surface area contributed by atoms with Gasteiger partial charge in [0.25, 0.3) is 0 Å². The average Bonchev–Trinajstić information content (AvgIpc) is 2.38. The molecule has 0 bridgehead atoms. The van der Waals surface area contributed by atoms with E-state index in [1.54, 1.807) is 0 Å². The van der Waals surface area contributed by atoms with Crippen molar-refractivity contribution in [3.63, 3.8) is 0 Å². The van der Waals surface area contributed by atoms with Gasteiger partial charge in [-0.3, -0.25) is 4.79 Å². The zero-order valence-electron chi connectivity index (χ0n) is 10.9. The van der Waals surface area contributed by atoms with Crippen LogP contribution in [0.15, 0.2) is 18.2 Å². The van der Waals surface area contributed by atoms with E-state index < -0.39 is 0 Å². The molecule has 0 aliphatic carbocycles. The summed E-state index contributed by atoms with van der Waals surface area (Å²) in [6.45, 7) is 4.36. The number of aryl methyl sites for hydroxylation is 1. The number of carbonyl (C=O) groups excluding carboxylic acids is 1. The first-order chi connectivity index (χ1) is 8.61. The molecule has 18 heavy (non-hydrogen) atoms. The number of primary amides is 1. The smallest absolute Gasteiger partial charge is 0.222 e. The summed E-state index contributed by atoms with van der Waals surface area (Å²) in [4.78, 5) is 13.5. The Morgan fingerprint density at radius 1 is 1.50 bits per heavy atom. The predicted octanol–water partition coefficient (Wildman–Crippen LogP) is 1.16. The molecule has 4 heteroatoms.